The maximum absolute atomic E-state index is 10.5. The van der Waals surface area contributed by atoms with E-state index in [9.17, 15) is 10.1 Å². The van der Waals surface area contributed by atoms with Gasteiger partial charge in [0.2, 0.25) is 0 Å². The zero-order valence-corrected chi connectivity index (χ0v) is 7.69. The van der Waals surface area contributed by atoms with Gasteiger partial charge in [0.25, 0.3) is 5.69 Å². The lowest BCUT2D eigenvalue weighted by Gasteiger charge is -2.05. The molecular weight excluding hydrogens is 186 g/mol. The van der Waals surface area contributed by atoms with Gasteiger partial charge in [0, 0.05) is 6.07 Å². The van der Waals surface area contributed by atoms with E-state index in [0.717, 1.165) is 0 Å². The van der Waals surface area contributed by atoms with Crippen LogP contribution in [0.1, 0.15) is 6.92 Å². The standard InChI is InChI=1S/C8H11N3O3/c1-2-14-10-6-3-4-7(9)8(5-6)11(12)13/h3-5,10H,2,9H2,1H3. The van der Waals surface area contributed by atoms with E-state index < -0.39 is 4.92 Å². The Morgan fingerprint density at radius 1 is 1.64 bits per heavy atom. The summed E-state index contributed by atoms with van der Waals surface area (Å²) in [6.07, 6.45) is 0. The van der Waals surface area contributed by atoms with Crippen molar-refractivity contribution in [3.05, 3.63) is 28.3 Å². The summed E-state index contributed by atoms with van der Waals surface area (Å²) < 4.78 is 0. The Kier molecular flexibility index (Phi) is 3.24. The Hall–Kier alpha value is -1.82. The second-order valence-electron chi connectivity index (χ2n) is 2.57. The maximum atomic E-state index is 10.5. The predicted molar refractivity (Wildman–Crippen MR) is 52.8 cm³/mol. The van der Waals surface area contributed by atoms with Crippen molar-refractivity contribution in [2.45, 2.75) is 6.92 Å². The molecule has 14 heavy (non-hydrogen) atoms. The van der Waals surface area contributed by atoms with Crippen LogP contribution in [0.15, 0.2) is 18.2 Å². The summed E-state index contributed by atoms with van der Waals surface area (Å²) in [4.78, 5) is 14.9. The van der Waals surface area contributed by atoms with Crippen LogP contribution in [0.2, 0.25) is 0 Å². The average Bonchev–Trinajstić information content (AvgIpc) is 2.16. The molecule has 0 atom stereocenters. The van der Waals surface area contributed by atoms with Gasteiger partial charge in [0.15, 0.2) is 0 Å². The van der Waals surface area contributed by atoms with E-state index in [-0.39, 0.29) is 11.4 Å². The first-order chi connectivity index (χ1) is 6.65. The van der Waals surface area contributed by atoms with Crippen molar-refractivity contribution in [3.63, 3.8) is 0 Å². The molecule has 6 nitrogen and oxygen atoms in total. The molecule has 0 aromatic heterocycles. The Bertz CT molecular complexity index is 341. The minimum Gasteiger partial charge on any atom is -0.393 e. The van der Waals surface area contributed by atoms with Gasteiger partial charge in [-0.25, -0.2) is 0 Å². The highest BCUT2D eigenvalue weighted by Crippen LogP contribution is 2.24. The number of anilines is 2. The topological polar surface area (TPSA) is 90.4 Å². The summed E-state index contributed by atoms with van der Waals surface area (Å²) in [7, 11) is 0. The monoisotopic (exact) mass is 197 g/mol. The Balaban J connectivity index is 2.89. The highest BCUT2D eigenvalue weighted by atomic mass is 16.6. The van der Waals surface area contributed by atoms with Gasteiger partial charge in [-0.15, -0.1) is 0 Å². The summed E-state index contributed by atoms with van der Waals surface area (Å²) in [5.74, 6) is 0. The lowest BCUT2D eigenvalue weighted by molar-refractivity contribution is -0.383. The van der Waals surface area contributed by atoms with Gasteiger partial charge in [-0.05, 0) is 19.1 Å². The maximum Gasteiger partial charge on any atom is 0.294 e. The van der Waals surface area contributed by atoms with Crippen LogP contribution >= 0.6 is 0 Å². The molecule has 6 heteroatoms. The van der Waals surface area contributed by atoms with Gasteiger partial charge in [0.05, 0.1) is 17.2 Å². The third-order valence-corrected chi connectivity index (χ3v) is 1.56. The minimum absolute atomic E-state index is 0.130. The average molecular weight is 197 g/mol. The van der Waals surface area contributed by atoms with E-state index in [1.165, 1.54) is 12.1 Å². The first kappa shape index (κ1) is 10.3. The Morgan fingerprint density at radius 3 is 2.93 bits per heavy atom. The highest BCUT2D eigenvalue weighted by Gasteiger charge is 2.11. The van der Waals surface area contributed by atoms with Crippen molar-refractivity contribution in [1.82, 2.24) is 0 Å². The van der Waals surface area contributed by atoms with Gasteiger partial charge in [0.1, 0.15) is 5.69 Å². The largest absolute Gasteiger partial charge is 0.393 e. The number of nitro groups is 1. The molecule has 0 heterocycles. The van der Waals surface area contributed by atoms with Crippen molar-refractivity contribution < 1.29 is 9.76 Å². The van der Waals surface area contributed by atoms with E-state index in [1.807, 2.05) is 0 Å². The Labute approximate surface area is 80.8 Å². The van der Waals surface area contributed by atoms with E-state index in [4.69, 9.17) is 10.6 Å². The van der Waals surface area contributed by atoms with Gasteiger partial charge < -0.3 is 5.73 Å². The van der Waals surface area contributed by atoms with Crippen LogP contribution in [0.25, 0.3) is 0 Å². The zero-order chi connectivity index (χ0) is 10.6. The van der Waals surface area contributed by atoms with Crippen LogP contribution in [-0.4, -0.2) is 11.5 Å². The molecule has 0 spiro atoms. The number of hydrogen-bond donors (Lipinski definition) is 2. The van der Waals surface area contributed by atoms with Crippen molar-refractivity contribution in [2.75, 3.05) is 17.8 Å². The second-order valence-corrected chi connectivity index (χ2v) is 2.57. The van der Waals surface area contributed by atoms with E-state index in [0.29, 0.717) is 12.3 Å². The Morgan fingerprint density at radius 2 is 2.36 bits per heavy atom. The smallest absolute Gasteiger partial charge is 0.294 e. The number of nitrogens with zero attached hydrogens (tertiary/aromatic N) is 1. The molecule has 0 saturated carbocycles. The molecule has 0 radical (unpaired) electrons. The molecule has 0 aliphatic carbocycles. The summed E-state index contributed by atoms with van der Waals surface area (Å²) in [5, 5.41) is 10.5. The van der Waals surface area contributed by atoms with Crippen LogP contribution in [0.5, 0.6) is 0 Å². The second kappa shape index (κ2) is 4.43. The van der Waals surface area contributed by atoms with Crippen LogP contribution in [0, 0.1) is 10.1 Å². The fourth-order valence-electron chi connectivity index (χ4n) is 0.921. The fourth-order valence-corrected chi connectivity index (χ4v) is 0.921. The number of benzene rings is 1. The van der Waals surface area contributed by atoms with Gasteiger partial charge in [-0.2, -0.15) is 0 Å². The van der Waals surface area contributed by atoms with E-state index in [1.54, 1.807) is 13.0 Å². The number of nitrogens with two attached hydrogens (primary N) is 1. The molecule has 1 aromatic carbocycles. The number of rotatable bonds is 4. The molecule has 1 rings (SSSR count). The normalized spacial score (nSPS) is 9.79. The molecule has 0 unspecified atom stereocenters. The highest BCUT2D eigenvalue weighted by molar-refractivity contribution is 5.64. The number of nitro benzene ring substituents is 1. The minimum atomic E-state index is -0.535. The molecule has 76 valence electrons. The van der Waals surface area contributed by atoms with Crippen molar-refractivity contribution in [1.29, 1.82) is 0 Å². The molecule has 0 fully saturated rings. The molecule has 0 saturated heterocycles. The molecule has 0 aliphatic heterocycles. The third kappa shape index (κ3) is 2.33. The zero-order valence-electron chi connectivity index (χ0n) is 7.69. The molecular formula is C8H11N3O3. The van der Waals surface area contributed by atoms with Crippen molar-refractivity contribution in [3.8, 4) is 0 Å². The van der Waals surface area contributed by atoms with E-state index in [2.05, 4.69) is 5.48 Å². The first-order valence-corrected chi connectivity index (χ1v) is 4.07. The summed E-state index contributed by atoms with van der Waals surface area (Å²) in [6.45, 7) is 2.27. The van der Waals surface area contributed by atoms with E-state index >= 15 is 0 Å². The van der Waals surface area contributed by atoms with Crippen LogP contribution < -0.4 is 11.2 Å². The quantitative estimate of drug-likeness (QED) is 0.434. The number of hydrogen-bond acceptors (Lipinski definition) is 5. The van der Waals surface area contributed by atoms with Crippen molar-refractivity contribution >= 4 is 17.1 Å². The molecule has 0 amide bonds. The lowest BCUT2D eigenvalue weighted by atomic mass is 10.2. The lowest BCUT2D eigenvalue weighted by Crippen LogP contribution is -2.02. The molecule has 0 aliphatic rings. The third-order valence-electron chi connectivity index (χ3n) is 1.56. The summed E-state index contributed by atoms with van der Waals surface area (Å²) >= 11 is 0. The van der Waals surface area contributed by atoms with Gasteiger partial charge in [-0.3, -0.25) is 20.4 Å². The number of nitrogen functional groups attached to an aromatic ring is 1. The van der Waals surface area contributed by atoms with Crippen LogP contribution in [-0.2, 0) is 4.84 Å². The molecule has 1 aromatic rings. The van der Waals surface area contributed by atoms with Crippen LogP contribution in [0.3, 0.4) is 0 Å². The predicted octanol–water partition coefficient (Wildman–Crippen LogP) is 1.54. The molecule has 3 N–H and O–H groups in total. The van der Waals surface area contributed by atoms with Gasteiger partial charge in [-0.1, -0.05) is 0 Å². The summed E-state index contributed by atoms with van der Waals surface area (Å²) in [5.41, 5.74) is 8.48. The first-order valence-electron chi connectivity index (χ1n) is 4.07. The summed E-state index contributed by atoms with van der Waals surface area (Å²) in [6, 6.07) is 4.39. The fraction of sp³-hybridized carbons (Fsp3) is 0.250. The SMILES string of the molecule is CCONc1ccc(N)c([N+](=O)[O-])c1. The molecule has 0 bridgehead atoms. The van der Waals surface area contributed by atoms with Crippen molar-refractivity contribution in [2.24, 2.45) is 0 Å². The van der Waals surface area contributed by atoms with Crippen LogP contribution in [0.4, 0.5) is 17.1 Å². The van der Waals surface area contributed by atoms with Gasteiger partial charge >= 0.3 is 0 Å². The number of nitrogens with one attached hydrogen (secondary N) is 1.